The quantitative estimate of drug-likeness (QED) is 0.812. The third-order valence-electron chi connectivity index (χ3n) is 2.80. The molecule has 2 aromatic heterocycles. The predicted molar refractivity (Wildman–Crippen MR) is 76.0 cm³/mol. The molecular weight excluding hydrogens is 298 g/mol. The first kappa shape index (κ1) is 13.8. The lowest BCUT2D eigenvalue weighted by Gasteiger charge is -2.08. The van der Waals surface area contributed by atoms with E-state index in [9.17, 15) is 0 Å². The Morgan fingerprint density at radius 2 is 2.40 bits per heavy atom. The zero-order valence-corrected chi connectivity index (χ0v) is 12.7. The van der Waals surface area contributed by atoms with Gasteiger partial charge >= 0.3 is 0 Å². The summed E-state index contributed by atoms with van der Waals surface area (Å²) in [6, 6.07) is 0. The Hall–Kier alpha value is -1.19. The van der Waals surface area contributed by atoms with E-state index in [0.717, 1.165) is 35.5 Å². The SMILES string of the molecule is Cc1noc(CSc2nnc(NC[C@H]3CCCO3)s2)n1. The fourth-order valence-corrected chi connectivity index (χ4v) is 3.46. The van der Waals surface area contributed by atoms with E-state index in [-0.39, 0.29) is 0 Å². The highest BCUT2D eigenvalue weighted by Gasteiger charge is 2.16. The summed E-state index contributed by atoms with van der Waals surface area (Å²) in [6.07, 6.45) is 2.56. The van der Waals surface area contributed by atoms with Crippen LogP contribution in [0.2, 0.25) is 0 Å². The van der Waals surface area contributed by atoms with E-state index in [4.69, 9.17) is 9.26 Å². The molecule has 20 heavy (non-hydrogen) atoms. The second-order valence-electron chi connectivity index (χ2n) is 4.41. The van der Waals surface area contributed by atoms with Crippen LogP contribution in [-0.2, 0) is 10.5 Å². The minimum absolute atomic E-state index is 0.302. The Morgan fingerprint density at radius 1 is 1.45 bits per heavy atom. The number of ether oxygens (including phenoxy) is 1. The van der Waals surface area contributed by atoms with Crippen LogP contribution < -0.4 is 5.32 Å². The van der Waals surface area contributed by atoms with Gasteiger partial charge in [-0.05, 0) is 19.8 Å². The Kier molecular flexibility index (Phi) is 4.48. The maximum Gasteiger partial charge on any atom is 0.237 e. The molecule has 2 aromatic rings. The van der Waals surface area contributed by atoms with Gasteiger partial charge in [0.1, 0.15) is 0 Å². The molecule has 0 bridgehead atoms. The number of hydrogen-bond donors (Lipinski definition) is 1. The molecule has 7 nitrogen and oxygen atoms in total. The molecule has 0 unspecified atom stereocenters. The molecular formula is C11H15N5O2S2. The van der Waals surface area contributed by atoms with Gasteiger partial charge in [0, 0.05) is 13.2 Å². The van der Waals surface area contributed by atoms with Crippen LogP contribution in [0.25, 0.3) is 0 Å². The van der Waals surface area contributed by atoms with Crippen LogP contribution in [0.3, 0.4) is 0 Å². The van der Waals surface area contributed by atoms with Gasteiger partial charge in [-0.25, -0.2) is 0 Å². The fourth-order valence-electron chi connectivity index (χ4n) is 1.87. The average Bonchev–Trinajstić information content (AvgIpc) is 3.16. The third-order valence-corrected chi connectivity index (χ3v) is 4.80. The number of anilines is 1. The number of aryl methyl sites for hydroxylation is 1. The first-order chi connectivity index (χ1) is 9.79. The van der Waals surface area contributed by atoms with E-state index in [1.54, 1.807) is 18.7 Å². The molecule has 0 aromatic carbocycles. The highest BCUT2D eigenvalue weighted by molar-refractivity contribution is 8.00. The largest absolute Gasteiger partial charge is 0.376 e. The molecule has 1 N–H and O–H groups in total. The lowest BCUT2D eigenvalue weighted by molar-refractivity contribution is 0.120. The summed E-state index contributed by atoms with van der Waals surface area (Å²) in [5, 5.41) is 16.1. The van der Waals surface area contributed by atoms with Gasteiger partial charge in [0.15, 0.2) is 10.2 Å². The van der Waals surface area contributed by atoms with Gasteiger partial charge in [0.2, 0.25) is 11.0 Å². The van der Waals surface area contributed by atoms with Crippen molar-refractivity contribution in [1.29, 1.82) is 0 Å². The highest BCUT2D eigenvalue weighted by Crippen LogP contribution is 2.28. The highest BCUT2D eigenvalue weighted by atomic mass is 32.2. The summed E-state index contributed by atoms with van der Waals surface area (Å²) in [5.41, 5.74) is 0. The summed E-state index contributed by atoms with van der Waals surface area (Å²) >= 11 is 3.07. The van der Waals surface area contributed by atoms with E-state index in [0.29, 0.717) is 23.6 Å². The van der Waals surface area contributed by atoms with E-state index in [1.807, 2.05) is 0 Å². The third kappa shape index (κ3) is 3.68. The normalized spacial score (nSPS) is 18.6. The van der Waals surface area contributed by atoms with Crippen LogP contribution in [0, 0.1) is 6.92 Å². The minimum Gasteiger partial charge on any atom is -0.376 e. The first-order valence-electron chi connectivity index (χ1n) is 6.40. The molecule has 0 radical (unpaired) electrons. The number of rotatable bonds is 6. The summed E-state index contributed by atoms with van der Waals surface area (Å²) < 4.78 is 11.5. The maximum absolute atomic E-state index is 5.55. The molecule has 3 heterocycles. The van der Waals surface area contributed by atoms with Gasteiger partial charge in [0.05, 0.1) is 11.9 Å². The number of nitrogens with one attached hydrogen (secondary N) is 1. The van der Waals surface area contributed by atoms with E-state index < -0.39 is 0 Å². The van der Waals surface area contributed by atoms with Crippen LogP contribution in [0.4, 0.5) is 5.13 Å². The number of aromatic nitrogens is 4. The van der Waals surface area contributed by atoms with Gasteiger partial charge in [-0.15, -0.1) is 10.2 Å². The van der Waals surface area contributed by atoms with Crippen molar-refractivity contribution in [1.82, 2.24) is 20.3 Å². The number of thioether (sulfide) groups is 1. The Morgan fingerprint density at radius 3 is 3.15 bits per heavy atom. The van der Waals surface area contributed by atoms with Gasteiger partial charge in [-0.2, -0.15) is 4.98 Å². The number of nitrogens with zero attached hydrogens (tertiary/aromatic N) is 4. The Balaban J connectivity index is 1.46. The summed E-state index contributed by atoms with van der Waals surface area (Å²) in [7, 11) is 0. The maximum atomic E-state index is 5.55. The van der Waals surface area contributed by atoms with Gasteiger partial charge in [-0.3, -0.25) is 0 Å². The molecule has 1 saturated heterocycles. The topological polar surface area (TPSA) is 86.0 Å². The lowest BCUT2D eigenvalue weighted by Crippen LogP contribution is -2.18. The van der Waals surface area contributed by atoms with Crippen LogP contribution >= 0.6 is 23.1 Å². The van der Waals surface area contributed by atoms with E-state index >= 15 is 0 Å². The first-order valence-corrected chi connectivity index (χ1v) is 8.21. The second-order valence-corrected chi connectivity index (χ2v) is 6.61. The van der Waals surface area contributed by atoms with Crippen molar-refractivity contribution in [3.63, 3.8) is 0 Å². The molecule has 1 fully saturated rings. The second kappa shape index (κ2) is 6.51. The van der Waals surface area contributed by atoms with Gasteiger partial charge < -0.3 is 14.6 Å². The summed E-state index contributed by atoms with van der Waals surface area (Å²) in [6.45, 7) is 3.46. The van der Waals surface area contributed by atoms with Gasteiger partial charge in [0.25, 0.3) is 0 Å². The minimum atomic E-state index is 0.302. The molecule has 0 amide bonds. The van der Waals surface area contributed by atoms with E-state index in [1.165, 1.54) is 11.3 Å². The Labute approximate surface area is 124 Å². The standard InChI is InChI=1S/C11H15N5O2S2/c1-7-13-9(18-16-7)6-19-11-15-14-10(20-11)12-5-8-3-2-4-17-8/h8H,2-6H2,1H3,(H,12,14)/t8-/m1/s1. The monoisotopic (exact) mass is 313 g/mol. The zero-order chi connectivity index (χ0) is 13.8. The molecule has 0 spiro atoms. The molecule has 0 aliphatic carbocycles. The van der Waals surface area contributed by atoms with E-state index in [2.05, 4.69) is 25.7 Å². The van der Waals surface area contributed by atoms with Crippen molar-refractivity contribution in [3.8, 4) is 0 Å². The van der Waals surface area contributed by atoms with Crippen molar-refractivity contribution in [2.24, 2.45) is 0 Å². The summed E-state index contributed by atoms with van der Waals surface area (Å²) in [5.74, 6) is 1.87. The molecule has 3 rings (SSSR count). The molecule has 0 saturated carbocycles. The van der Waals surface area contributed by atoms with Crippen LogP contribution in [0.5, 0.6) is 0 Å². The molecule has 1 atom stereocenters. The average molecular weight is 313 g/mol. The van der Waals surface area contributed by atoms with Crippen molar-refractivity contribution in [2.45, 2.75) is 36.0 Å². The van der Waals surface area contributed by atoms with Crippen molar-refractivity contribution < 1.29 is 9.26 Å². The zero-order valence-electron chi connectivity index (χ0n) is 11.0. The van der Waals surface area contributed by atoms with Crippen LogP contribution in [-0.4, -0.2) is 39.6 Å². The molecule has 108 valence electrons. The van der Waals surface area contributed by atoms with Crippen LogP contribution in [0.15, 0.2) is 8.86 Å². The van der Waals surface area contributed by atoms with Crippen molar-refractivity contribution >= 4 is 28.2 Å². The molecule has 1 aliphatic rings. The lowest BCUT2D eigenvalue weighted by atomic mass is 10.2. The van der Waals surface area contributed by atoms with Crippen LogP contribution in [0.1, 0.15) is 24.6 Å². The number of hydrogen-bond acceptors (Lipinski definition) is 9. The fraction of sp³-hybridized carbons (Fsp3) is 0.636. The van der Waals surface area contributed by atoms with Crippen molar-refractivity contribution in [2.75, 3.05) is 18.5 Å². The summed E-state index contributed by atoms with van der Waals surface area (Å²) in [4.78, 5) is 4.15. The smallest absolute Gasteiger partial charge is 0.237 e. The predicted octanol–water partition coefficient (Wildman–Crippen LogP) is 2.11. The Bertz CT molecular complexity index is 553. The van der Waals surface area contributed by atoms with Crippen molar-refractivity contribution in [3.05, 3.63) is 11.7 Å². The molecule has 1 aliphatic heterocycles. The molecule has 9 heteroatoms. The van der Waals surface area contributed by atoms with Gasteiger partial charge in [-0.1, -0.05) is 28.3 Å².